The molecule has 0 spiro atoms. The molecule has 1 N–H and O–H groups in total. The fourth-order valence-electron chi connectivity index (χ4n) is 2.98. The van der Waals surface area contributed by atoms with Crippen molar-refractivity contribution in [1.82, 2.24) is 10.2 Å². The second-order valence-electron chi connectivity index (χ2n) is 5.61. The summed E-state index contributed by atoms with van der Waals surface area (Å²) < 4.78 is 5.69. The van der Waals surface area contributed by atoms with Crippen molar-refractivity contribution in [2.45, 2.75) is 63.3 Å². The number of nitrogens with zero attached hydrogens (tertiary/aromatic N) is 1. The van der Waals surface area contributed by atoms with Crippen LogP contribution in [-0.4, -0.2) is 48.2 Å². The lowest BCUT2D eigenvalue weighted by Gasteiger charge is -2.29. The number of rotatable bonds is 4. The lowest BCUT2D eigenvalue weighted by molar-refractivity contribution is -0.133. The Morgan fingerprint density at radius 3 is 2.82 bits per heavy atom. The summed E-state index contributed by atoms with van der Waals surface area (Å²) in [5.41, 5.74) is 0. The van der Waals surface area contributed by atoms with E-state index >= 15 is 0 Å². The minimum Gasteiger partial charge on any atom is -0.376 e. The van der Waals surface area contributed by atoms with Crippen LogP contribution in [0.1, 0.15) is 39.0 Å². The molecule has 0 aromatic heterocycles. The molecule has 2 heterocycles. The van der Waals surface area contributed by atoms with Crippen molar-refractivity contribution >= 4 is 5.91 Å². The van der Waals surface area contributed by atoms with Gasteiger partial charge in [-0.2, -0.15) is 0 Å². The molecule has 17 heavy (non-hydrogen) atoms. The maximum Gasteiger partial charge on any atom is 0.240 e. The summed E-state index contributed by atoms with van der Waals surface area (Å²) in [6, 6.07) is 0.935. The summed E-state index contributed by atoms with van der Waals surface area (Å²) in [5.74, 6) is 0.292. The minimum atomic E-state index is 0.0753. The van der Waals surface area contributed by atoms with Gasteiger partial charge in [0.05, 0.1) is 18.2 Å². The normalized spacial score (nSPS) is 35.6. The molecular weight excluding hydrogens is 216 g/mol. The van der Waals surface area contributed by atoms with Gasteiger partial charge in [-0.15, -0.1) is 0 Å². The molecule has 3 aliphatic rings. The average Bonchev–Trinajstić information content (AvgIpc) is 2.85. The zero-order valence-corrected chi connectivity index (χ0v) is 10.5. The van der Waals surface area contributed by atoms with Crippen LogP contribution in [0.2, 0.25) is 0 Å². The first-order chi connectivity index (χ1) is 8.25. The molecule has 1 saturated carbocycles. The second kappa shape index (κ2) is 4.58. The van der Waals surface area contributed by atoms with Crippen LogP contribution in [0.5, 0.6) is 0 Å². The Kier molecular flexibility index (Phi) is 3.09. The monoisotopic (exact) mass is 238 g/mol. The standard InChI is InChI=1S/C13H22N2O2/c1-9(12-3-2-8-17-12)15-7-6-11(13(15)16)14-10-4-5-10/h9-12,14H,2-8H2,1H3. The van der Waals surface area contributed by atoms with Gasteiger partial charge in [0.15, 0.2) is 0 Å². The van der Waals surface area contributed by atoms with E-state index in [1.54, 1.807) is 0 Å². The lowest BCUT2D eigenvalue weighted by atomic mass is 10.1. The minimum absolute atomic E-state index is 0.0753. The number of carbonyl (C=O) groups is 1. The van der Waals surface area contributed by atoms with E-state index in [-0.39, 0.29) is 18.2 Å². The van der Waals surface area contributed by atoms with Crippen LogP contribution in [0.3, 0.4) is 0 Å². The van der Waals surface area contributed by atoms with Gasteiger partial charge in [0.2, 0.25) is 5.91 Å². The van der Waals surface area contributed by atoms with Crippen molar-refractivity contribution in [3.8, 4) is 0 Å². The third-order valence-corrected chi connectivity index (χ3v) is 4.25. The van der Waals surface area contributed by atoms with Gasteiger partial charge in [-0.25, -0.2) is 0 Å². The van der Waals surface area contributed by atoms with E-state index < -0.39 is 0 Å². The maximum absolute atomic E-state index is 12.3. The number of carbonyl (C=O) groups excluding carboxylic acids is 1. The van der Waals surface area contributed by atoms with Gasteiger partial charge in [-0.05, 0) is 39.0 Å². The first-order valence-corrected chi connectivity index (χ1v) is 6.94. The fraction of sp³-hybridized carbons (Fsp3) is 0.923. The molecule has 0 bridgehead atoms. The van der Waals surface area contributed by atoms with Crippen LogP contribution in [0.4, 0.5) is 0 Å². The summed E-state index contributed by atoms with van der Waals surface area (Å²) in [5, 5.41) is 3.45. The molecule has 4 heteroatoms. The Morgan fingerprint density at radius 2 is 2.18 bits per heavy atom. The van der Waals surface area contributed by atoms with Crippen molar-refractivity contribution in [3.05, 3.63) is 0 Å². The molecule has 0 radical (unpaired) electrons. The molecule has 3 fully saturated rings. The third kappa shape index (κ3) is 2.33. The first kappa shape index (κ1) is 11.5. The van der Waals surface area contributed by atoms with Crippen LogP contribution in [0.25, 0.3) is 0 Å². The lowest BCUT2D eigenvalue weighted by Crippen LogP contribution is -2.46. The molecule has 2 aliphatic heterocycles. The summed E-state index contributed by atoms with van der Waals surface area (Å²) in [6.45, 7) is 3.89. The number of ether oxygens (including phenoxy) is 1. The molecule has 0 aromatic rings. The van der Waals surface area contributed by atoms with E-state index in [0.29, 0.717) is 11.9 Å². The molecule has 1 aliphatic carbocycles. The summed E-state index contributed by atoms with van der Waals surface area (Å²) in [6.07, 6.45) is 5.95. The predicted molar refractivity (Wildman–Crippen MR) is 64.7 cm³/mol. The predicted octanol–water partition coefficient (Wildman–Crippen LogP) is 0.907. The smallest absolute Gasteiger partial charge is 0.240 e. The molecular formula is C13H22N2O2. The van der Waals surface area contributed by atoms with E-state index in [1.165, 1.54) is 12.8 Å². The molecule has 0 aromatic carbocycles. The van der Waals surface area contributed by atoms with Crippen molar-refractivity contribution in [2.24, 2.45) is 0 Å². The highest BCUT2D eigenvalue weighted by Gasteiger charge is 2.40. The summed E-state index contributed by atoms with van der Waals surface area (Å²) in [4.78, 5) is 14.3. The zero-order chi connectivity index (χ0) is 11.8. The first-order valence-electron chi connectivity index (χ1n) is 6.94. The van der Waals surface area contributed by atoms with Crippen molar-refractivity contribution in [1.29, 1.82) is 0 Å². The van der Waals surface area contributed by atoms with Gasteiger partial charge in [-0.1, -0.05) is 0 Å². The number of nitrogens with one attached hydrogen (secondary N) is 1. The molecule has 96 valence electrons. The number of hydrogen-bond donors (Lipinski definition) is 1. The topological polar surface area (TPSA) is 41.6 Å². The largest absolute Gasteiger partial charge is 0.376 e. The Labute approximate surface area is 103 Å². The highest BCUT2D eigenvalue weighted by atomic mass is 16.5. The molecule has 2 saturated heterocycles. The zero-order valence-electron chi connectivity index (χ0n) is 10.5. The second-order valence-corrected chi connectivity index (χ2v) is 5.61. The molecule has 3 rings (SSSR count). The van der Waals surface area contributed by atoms with E-state index in [4.69, 9.17) is 4.74 Å². The SMILES string of the molecule is CC(C1CCCO1)N1CCC(NC2CC2)C1=O. The quantitative estimate of drug-likeness (QED) is 0.791. The molecule has 3 atom stereocenters. The number of likely N-dealkylation sites (tertiary alicyclic amines) is 1. The van der Waals surface area contributed by atoms with Crippen LogP contribution < -0.4 is 5.32 Å². The van der Waals surface area contributed by atoms with Crippen LogP contribution in [-0.2, 0) is 9.53 Å². The molecule has 3 unspecified atom stereocenters. The van der Waals surface area contributed by atoms with Gasteiger partial charge in [0, 0.05) is 19.2 Å². The van der Waals surface area contributed by atoms with Crippen LogP contribution in [0, 0.1) is 0 Å². The molecule has 1 amide bonds. The summed E-state index contributed by atoms with van der Waals surface area (Å²) >= 11 is 0. The highest BCUT2D eigenvalue weighted by molar-refractivity contribution is 5.84. The Bertz CT molecular complexity index is 298. The van der Waals surface area contributed by atoms with Crippen LogP contribution >= 0.6 is 0 Å². The third-order valence-electron chi connectivity index (χ3n) is 4.25. The van der Waals surface area contributed by atoms with Gasteiger partial charge in [0.1, 0.15) is 0 Å². The Balaban J connectivity index is 1.57. The number of hydrogen-bond acceptors (Lipinski definition) is 3. The Morgan fingerprint density at radius 1 is 1.35 bits per heavy atom. The van der Waals surface area contributed by atoms with Gasteiger partial charge < -0.3 is 15.0 Å². The van der Waals surface area contributed by atoms with Crippen molar-refractivity contribution < 1.29 is 9.53 Å². The number of amides is 1. The van der Waals surface area contributed by atoms with Gasteiger partial charge in [0.25, 0.3) is 0 Å². The van der Waals surface area contributed by atoms with E-state index in [1.807, 2.05) is 4.90 Å². The maximum atomic E-state index is 12.3. The Hall–Kier alpha value is -0.610. The average molecular weight is 238 g/mol. The van der Waals surface area contributed by atoms with Gasteiger partial charge >= 0.3 is 0 Å². The highest BCUT2D eigenvalue weighted by Crippen LogP contribution is 2.26. The van der Waals surface area contributed by atoms with Gasteiger partial charge in [-0.3, -0.25) is 4.79 Å². The van der Waals surface area contributed by atoms with E-state index in [0.717, 1.165) is 32.4 Å². The van der Waals surface area contributed by atoms with E-state index in [2.05, 4.69) is 12.2 Å². The van der Waals surface area contributed by atoms with E-state index in [9.17, 15) is 4.79 Å². The fourth-order valence-corrected chi connectivity index (χ4v) is 2.98. The van der Waals surface area contributed by atoms with Crippen molar-refractivity contribution in [2.75, 3.05) is 13.2 Å². The van der Waals surface area contributed by atoms with Crippen LogP contribution in [0.15, 0.2) is 0 Å². The van der Waals surface area contributed by atoms with Crippen molar-refractivity contribution in [3.63, 3.8) is 0 Å². The molecule has 4 nitrogen and oxygen atoms in total. The summed E-state index contributed by atoms with van der Waals surface area (Å²) in [7, 11) is 0.